The highest BCUT2D eigenvalue weighted by molar-refractivity contribution is 5.95. The largest absolute Gasteiger partial charge is 0.367 e. The van der Waals surface area contributed by atoms with Crippen LogP contribution in [-0.2, 0) is 5.41 Å². The summed E-state index contributed by atoms with van der Waals surface area (Å²) in [4.78, 5) is 24.1. The smallest absolute Gasteiger partial charge is 0.321 e. The number of rotatable bonds is 5. The van der Waals surface area contributed by atoms with Gasteiger partial charge >= 0.3 is 6.03 Å². The van der Waals surface area contributed by atoms with Gasteiger partial charge in [-0.05, 0) is 38.8 Å². The van der Waals surface area contributed by atoms with Crippen LogP contribution < -0.4 is 10.2 Å². The van der Waals surface area contributed by atoms with Crippen molar-refractivity contribution < 1.29 is 13.7 Å². The number of nitrogens with one attached hydrogen (secondary N) is 1. The standard InChI is InChI=1S/C25H32FN7O2/c1-16(2)31-9-11-32(12-10-31)20-6-4-5-17(14-27)21(20)28-24(34)33-8-7-25(3,15-33)23-29-22(35-30-23)18-13-19(18)26/h4-6,16,18-19H,7-13,15H2,1-3H3,(H,28,34)/t18-,19+,25+/m1/s1. The number of nitriles is 1. The first-order valence-electron chi connectivity index (χ1n) is 12.4. The highest BCUT2D eigenvalue weighted by atomic mass is 19.1. The Bertz CT molecular complexity index is 1140. The number of likely N-dealkylation sites (tertiary alicyclic amines) is 1. The Morgan fingerprint density at radius 3 is 2.69 bits per heavy atom. The number of halogens is 1. The molecular weight excluding hydrogens is 449 g/mol. The van der Waals surface area contributed by atoms with Crippen molar-refractivity contribution in [2.45, 2.75) is 57.2 Å². The predicted molar refractivity (Wildman–Crippen MR) is 129 cm³/mol. The highest BCUT2D eigenvalue weighted by Gasteiger charge is 2.46. The lowest BCUT2D eigenvalue weighted by molar-refractivity contribution is 0.209. The molecule has 2 aliphatic heterocycles. The lowest BCUT2D eigenvalue weighted by Crippen LogP contribution is -2.49. The van der Waals surface area contributed by atoms with E-state index < -0.39 is 11.6 Å². The fourth-order valence-electron chi connectivity index (χ4n) is 5.06. The van der Waals surface area contributed by atoms with Crippen LogP contribution in [0.3, 0.4) is 0 Å². The van der Waals surface area contributed by atoms with Gasteiger partial charge in [-0.1, -0.05) is 18.1 Å². The minimum atomic E-state index is -0.898. The van der Waals surface area contributed by atoms with Crippen molar-refractivity contribution in [1.29, 1.82) is 5.26 Å². The van der Waals surface area contributed by atoms with E-state index in [-0.39, 0.29) is 11.9 Å². The molecule has 3 aliphatic rings. The van der Waals surface area contributed by atoms with E-state index in [2.05, 4.69) is 45.2 Å². The van der Waals surface area contributed by atoms with Crippen LogP contribution >= 0.6 is 0 Å². The molecule has 3 atom stereocenters. The Balaban J connectivity index is 1.29. The second-order valence-electron chi connectivity index (χ2n) is 10.4. The lowest BCUT2D eigenvalue weighted by Gasteiger charge is -2.39. The average Bonchev–Trinajstić information content (AvgIpc) is 3.23. The van der Waals surface area contributed by atoms with E-state index >= 15 is 0 Å². The molecule has 2 amide bonds. The zero-order valence-corrected chi connectivity index (χ0v) is 20.5. The summed E-state index contributed by atoms with van der Waals surface area (Å²) in [6.07, 6.45) is 0.206. The molecule has 10 heteroatoms. The number of benzene rings is 1. The van der Waals surface area contributed by atoms with E-state index in [0.29, 0.717) is 54.9 Å². The molecule has 1 saturated carbocycles. The number of hydrogen-bond acceptors (Lipinski definition) is 7. The van der Waals surface area contributed by atoms with Crippen LogP contribution in [-0.4, -0.2) is 77.5 Å². The summed E-state index contributed by atoms with van der Waals surface area (Å²) in [6, 6.07) is 8.02. The van der Waals surface area contributed by atoms with Gasteiger partial charge in [0, 0.05) is 45.3 Å². The highest BCUT2D eigenvalue weighted by Crippen LogP contribution is 2.43. The normalized spacial score (nSPS) is 26.7. The van der Waals surface area contributed by atoms with Crippen molar-refractivity contribution in [3.05, 3.63) is 35.5 Å². The zero-order chi connectivity index (χ0) is 24.7. The zero-order valence-electron chi connectivity index (χ0n) is 20.5. The number of carbonyl (C=O) groups is 1. The molecule has 5 rings (SSSR count). The summed E-state index contributed by atoms with van der Waals surface area (Å²) in [5, 5.41) is 16.9. The number of carbonyl (C=O) groups excluding carboxylic acids is 1. The van der Waals surface area contributed by atoms with Crippen LogP contribution in [0.1, 0.15) is 56.8 Å². The number of hydrogen-bond donors (Lipinski definition) is 1. The molecule has 1 N–H and O–H groups in total. The minimum absolute atomic E-state index is 0.256. The van der Waals surface area contributed by atoms with Crippen LogP contribution in [0.25, 0.3) is 0 Å². The number of alkyl halides is 1. The number of nitrogens with zero attached hydrogens (tertiary/aromatic N) is 6. The molecule has 1 aromatic carbocycles. The van der Waals surface area contributed by atoms with Crippen molar-refractivity contribution in [3.8, 4) is 6.07 Å². The fraction of sp³-hybridized carbons (Fsp3) is 0.600. The second kappa shape index (κ2) is 9.11. The first-order valence-corrected chi connectivity index (χ1v) is 12.4. The molecule has 3 fully saturated rings. The van der Waals surface area contributed by atoms with E-state index in [1.807, 2.05) is 19.1 Å². The predicted octanol–water partition coefficient (Wildman–Crippen LogP) is 3.49. The number of urea groups is 1. The van der Waals surface area contributed by atoms with E-state index in [1.54, 1.807) is 11.0 Å². The molecule has 0 unspecified atom stereocenters. The van der Waals surface area contributed by atoms with Gasteiger partial charge in [-0.2, -0.15) is 10.2 Å². The van der Waals surface area contributed by atoms with E-state index in [9.17, 15) is 14.4 Å². The average molecular weight is 482 g/mol. The monoisotopic (exact) mass is 481 g/mol. The third-order valence-electron chi connectivity index (χ3n) is 7.55. The van der Waals surface area contributed by atoms with E-state index in [1.165, 1.54) is 0 Å². The maximum atomic E-state index is 13.4. The first-order chi connectivity index (χ1) is 16.8. The summed E-state index contributed by atoms with van der Waals surface area (Å²) < 4.78 is 18.7. The fourth-order valence-corrected chi connectivity index (χ4v) is 5.06. The van der Waals surface area contributed by atoms with Crippen molar-refractivity contribution in [1.82, 2.24) is 19.9 Å². The molecule has 186 valence electrons. The number of piperazine rings is 1. The molecule has 2 aromatic rings. The van der Waals surface area contributed by atoms with E-state index in [4.69, 9.17) is 4.52 Å². The van der Waals surface area contributed by atoms with Gasteiger partial charge in [0.05, 0.1) is 28.3 Å². The van der Waals surface area contributed by atoms with Crippen LogP contribution in [0.2, 0.25) is 0 Å². The summed E-state index contributed by atoms with van der Waals surface area (Å²) in [5.74, 6) is 0.578. The van der Waals surface area contributed by atoms with Crippen molar-refractivity contribution in [2.24, 2.45) is 0 Å². The molecule has 2 saturated heterocycles. The molecular formula is C25H32FN7O2. The Morgan fingerprint density at radius 1 is 1.29 bits per heavy atom. The van der Waals surface area contributed by atoms with Crippen molar-refractivity contribution >= 4 is 17.4 Å². The molecule has 1 aromatic heterocycles. The summed E-state index contributed by atoms with van der Waals surface area (Å²) >= 11 is 0. The van der Waals surface area contributed by atoms with Crippen LogP contribution in [0, 0.1) is 11.3 Å². The number of amides is 2. The Labute approximate surface area is 204 Å². The quantitative estimate of drug-likeness (QED) is 0.697. The SMILES string of the molecule is CC(C)N1CCN(c2cccc(C#N)c2NC(=O)N2CC[C@](C)(c3noc([C@@H]4C[C@@H]4F)n3)C2)CC1. The maximum Gasteiger partial charge on any atom is 0.321 e. The van der Waals surface area contributed by atoms with Gasteiger partial charge in [0.15, 0.2) is 5.82 Å². The van der Waals surface area contributed by atoms with Gasteiger partial charge in [-0.3, -0.25) is 4.90 Å². The third kappa shape index (κ3) is 4.57. The summed E-state index contributed by atoms with van der Waals surface area (Å²) in [6.45, 7) is 10.9. The van der Waals surface area contributed by atoms with Gasteiger partial charge in [-0.25, -0.2) is 9.18 Å². The van der Waals surface area contributed by atoms with Gasteiger partial charge < -0.3 is 19.6 Å². The maximum absolute atomic E-state index is 13.4. The van der Waals surface area contributed by atoms with Crippen molar-refractivity contribution in [3.63, 3.8) is 0 Å². The number of aromatic nitrogens is 2. The Morgan fingerprint density at radius 2 is 2.03 bits per heavy atom. The molecule has 1 aliphatic carbocycles. The Hall–Kier alpha value is -3.19. The second-order valence-corrected chi connectivity index (χ2v) is 10.4. The van der Waals surface area contributed by atoms with Crippen LogP contribution in [0.15, 0.2) is 22.7 Å². The van der Waals surface area contributed by atoms with Crippen LogP contribution in [0.4, 0.5) is 20.6 Å². The number of para-hydroxylation sites is 1. The first kappa shape index (κ1) is 23.5. The lowest BCUT2D eigenvalue weighted by atomic mass is 9.89. The Kier molecular flexibility index (Phi) is 6.13. The number of anilines is 2. The molecule has 0 spiro atoms. The van der Waals surface area contributed by atoms with Gasteiger partial charge in [0.25, 0.3) is 0 Å². The van der Waals surface area contributed by atoms with E-state index in [0.717, 1.165) is 31.9 Å². The summed E-state index contributed by atoms with van der Waals surface area (Å²) in [7, 11) is 0. The third-order valence-corrected chi connectivity index (χ3v) is 7.55. The van der Waals surface area contributed by atoms with Crippen molar-refractivity contribution in [2.75, 3.05) is 49.5 Å². The molecule has 9 nitrogen and oxygen atoms in total. The summed E-state index contributed by atoms with van der Waals surface area (Å²) in [5.41, 5.74) is 1.40. The topological polar surface area (TPSA) is 102 Å². The van der Waals surface area contributed by atoms with Gasteiger partial charge in [-0.15, -0.1) is 0 Å². The minimum Gasteiger partial charge on any atom is -0.367 e. The van der Waals surface area contributed by atoms with Gasteiger partial charge in [0.1, 0.15) is 12.2 Å². The van der Waals surface area contributed by atoms with Gasteiger partial charge in [0.2, 0.25) is 5.89 Å². The molecule has 0 radical (unpaired) electrons. The molecule has 3 heterocycles. The van der Waals surface area contributed by atoms with Crippen LogP contribution in [0.5, 0.6) is 0 Å². The molecule has 35 heavy (non-hydrogen) atoms. The molecule has 0 bridgehead atoms.